The molecule has 2 rings (SSSR count). The van der Waals surface area contributed by atoms with E-state index in [4.69, 9.17) is 5.73 Å². The Bertz CT molecular complexity index is 563. The van der Waals surface area contributed by atoms with Gasteiger partial charge in [0, 0.05) is 24.0 Å². The van der Waals surface area contributed by atoms with Gasteiger partial charge in [0.2, 0.25) is 0 Å². The van der Waals surface area contributed by atoms with Gasteiger partial charge in [-0.25, -0.2) is 0 Å². The van der Waals surface area contributed by atoms with E-state index in [1.807, 2.05) is 0 Å². The maximum Gasteiger partial charge on any atom is 0.0459 e. The molecule has 0 aliphatic rings. The highest BCUT2D eigenvalue weighted by Gasteiger charge is 2.15. The van der Waals surface area contributed by atoms with E-state index in [1.54, 1.807) is 0 Å². The number of rotatable bonds is 5. The molecular formula is C18H24N2. The first-order valence-corrected chi connectivity index (χ1v) is 7.36. The molecule has 2 aromatic carbocycles. The van der Waals surface area contributed by atoms with Gasteiger partial charge in [-0.15, -0.1) is 0 Å². The van der Waals surface area contributed by atoms with Gasteiger partial charge >= 0.3 is 0 Å². The van der Waals surface area contributed by atoms with Gasteiger partial charge in [0.05, 0.1) is 0 Å². The lowest BCUT2D eigenvalue weighted by Gasteiger charge is -2.28. The highest BCUT2D eigenvalue weighted by Crippen LogP contribution is 2.32. The molecule has 2 nitrogen and oxygen atoms in total. The van der Waals surface area contributed by atoms with Gasteiger partial charge in [-0.3, -0.25) is 0 Å². The largest absolute Gasteiger partial charge is 0.341 e. The van der Waals surface area contributed by atoms with E-state index in [1.165, 1.54) is 22.5 Å². The Morgan fingerprint density at radius 2 is 1.80 bits per heavy atom. The van der Waals surface area contributed by atoms with Crippen molar-refractivity contribution < 1.29 is 0 Å². The van der Waals surface area contributed by atoms with Gasteiger partial charge in [0.1, 0.15) is 0 Å². The average molecular weight is 268 g/mol. The number of hydrogen-bond donors (Lipinski definition) is 1. The van der Waals surface area contributed by atoms with Gasteiger partial charge in [-0.2, -0.15) is 0 Å². The number of nitrogens with zero attached hydrogens (tertiary/aromatic N) is 1. The Kier molecular flexibility index (Phi) is 4.80. The van der Waals surface area contributed by atoms with Gasteiger partial charge in [-0.05, 0) is 49.6 Å². The lowest BCUT2D eigenvalue weighted by atomic mass is 10.0. The zero-order valence-electron chi connectivity index (χ0n) is 12.6. The highest BCUT2D eigenvalue weighted by molar-refractivity contribution is 5.67. The monoisotopic (exact) mass is 268 g/mol. The van der Waals surface area contributed by atoms with Crippen molar-refractivity contribution >= 4 is 11.4 Å². The number of aryl methyl sites for hydroxylation is 1. The quantitative estimate of drug-likeness (QED) is 0.861. The third-order valence-electron chi connectivity index (χ3n) is 3.70. The predicted octanol–water partition coefficient (Wildman–Crippen LogP) is 4.56. The summed E-state index contributed by atoms with van der Waals surface area (Å²) >= 11 is 0. The first kappa shape index (κ1) is 14.6. The van der Waals surface area contributed by atoms with Crippen LogP contribution in [0.25, 0.3) is 0 Å². The molecular weight excluding hydrogens is 244 g/mol. The molecule has 1 atom stereocenters. The molecule has 0 saturated carbocycles. The van der Waals surface area contributed by atoms with Crippen molar-refractivity contribution in [1.29, 1.82) is 0 Å². The van der Waals surface area contributed by atoms with Crippen molar-refractivity contribution in [2.24, 2.45) is 5.73 Å². The van der Waals surface area contributed by atoms with Gasteiger partial charge in [-0.1, -0.05) is 37.3 Å². The van der Waals surface area contributed by atoms with Crippen LogP contribution in [0.5, 0.6) is 0 Å². The summed E-state index contributed by atoms with van der Waals surface area (Å²) in [6, 6.07) is 17.2. The average Bonchev–Trinajstić information content (AvgIpc) is 2.48. The summed E-state index contributed by atoms with van der Waals surface area (Å²) in [5, 5.41) is 0. The van der Waals surface area contributed by atoms with Crippen LogP contribution in [0.2, 0.25) is 0 Å². The van der Waals surface area contributed by atoms with Gasteiger partial charge < -0.3 is 10.6 Å². The minimum absolute atomic E-state index is 0.0880. The van der Waals surface area contributed by atoms with Crippen LogP contribution in [0, 0.1) is 6.92 Å². The third kappa shape index (κ3) is 3.02. The van der Waals surface area contributed by atoms with Crippen molar-refractivity contribution in [1.82, 2.24) is 0 Å². The smallest absolute Gasteiger partial charge is 0.0459 e. The second-order valence-electron chi connectivity index (χ2n) is 5.16. The van der Waals surface area contributed by atoms with Crippen LogP contribution in [0.3, 0.4) is 0 Å². The van der Waals surface area contributed by atoms with Crippen LogP contribution in [0.15, 0.2) is 48.5 Å². The fourth-order valence-electron chi connectivity index (χ4n) is 2.55. The van der Waals surface area contributed by atoms with Crippen LogP contribution in [-0.2, 0) is 0 Å². The standard InChI is InChI=1S/C18H24N2/c1-4-17(19)16-11-6-7-12-18(16)20(5-2)15-10-8-9-14(3)13-15/h6-13,17H,4-5,19H2,1-3H3. The number of anilines is 2. The van der Waals surface area contributed by atoms with E-state index < -0.39 is 0 Å². The van der Waals surface area contributed by atoms with E-state index in [0.29, 0.717) is 0 Å². The third-order valence-corrected chi connectivity index (χ3v) is 3.70. The number of benzene rings is 2. The molecule has 0 aromatic heterocycles. The van der Waals surface area contributed by atoms with Crippen molar-refractivity contribution in [3.05, 3.63) is 59.7 Å². The number of nitrogens with two attached hydrogens (primary N) is 1. The Morgan fingerprint density at radius 1 is 1.05 bits per heavy atom. The zero-order valence-corrected chi connectivity index (χ0v) is 12.6. The number of para-hydroxylation sites is 1. The molecule has 2 heteroatoms. The van der Waals surface area contributed by atoms with Crippen molar-refractivity contribution in [2.75, 3.05) is 11.4 Å². The number of hydrogen-bond acceptors (Lipinski definition) is 2. The van der Waals surface area contributed by atoms with Crippen molar-refractivity contribution in [3.8, 4) is 0 Å². The molecule has 0 heterocycles. The zero-order chi connectivity index (χ0) is 14.5. The van der Waals surface area contributed by atoms with E-state index in [2.05, 4.69) is 74.2 Å². The maximum absolute atomic E-state index is 6.27. The molecule has 0 bridgehead atoms. The second kappa shape index (κ2) is 6.58. The Labute approximate surface area is 122 Å². The lowest BCUT2D eigenvalue weighted by Crippen LogP contribution is -2.20. The summed E-state index contributed by atoms with van der Waals surface area (Å²) < 4.78 is 0. The van der Waals surface area contributed by atoms with E-state index in [0.717, 1.165) is 13.0 Å². The molecule has 0 spiro atoms. The minimum atomic E-state index is 0.0880. The predicted molar refractivity (Wildman–Crippen MR) is 87.5 cm³/mol. The molecule has 20 heavy (non-hydrogen) atoms. The summed E-state index contributed by atoms with van der Waals surface area (Å²) in [4.78, 5) is 2.33. The van der Waals surface area contributed by atoms with E-state index in [-0.39, 0.29) is 6.04 Å². The second-order valence-corrected chi connectivity index (χ2v) is 5.16. The molecule has 0 saturated heterocycles. The van der Waals surface area contributed by atoms with E-state index >= 15 is 0 Å². The molecule has 0 radical (unpaired) electrons. The lowest BCUT2D eigenvalue weighted by molar-refractivity contribution is 0.697. The topological polar surface area (TPSA) is 29.3 Å². The summed E-state index contributed by atoms with van der Waals surface area (Å²) in [5.41, 5.74) is 11.2. The Balaban J connectivity index is 2.47. The molecule has 2 aromatic rings. The summed E-state index contributed by atoms with van der Waals surface area (Å²) in [7, 11) is 0. The molecule has 0 amide bonds. The van der Waals surface area contributed by atoms with Crippen LogP contribution in [-0.4, -0.2) is 6.54 Å². The van der Waals surface area contributed by atoms with Crippen LogP contribution >= 0.6 is 0 Å². The highest BCUT2D eigenvalue weighted by atomic mass is 15.1. The molecule has 0 aliphatic carbocycles. The maximum atomic E-state index is 6.27. The molecule has 106 valence electrons. The molecule has 0 aliphatic heterocycles. The van der Waals surface area contributed by atoms with Crippen molar-refractivity contribution in [3.63, 3.8) is 0 Å². The fraction of sp³-hybridized carbons (Fsp3) is 0.333. The Morgan fingerprint density at radius 3 is 2.45 bits per heavy atom. The first-order valence-electron chi connectivity index (χ1n) is 7.36. The van der Waals surface area contributed by atoms with Crippen molar-refractivity contribution in [2.45, 2.75) is 33.2 Å². The van der Waals surface area contributed by atoms with Crippen LogP contribution in [0.4, 0.5) is 11.4 Å². The first-order chi connectivity index (χ1) is 9.67. The molecule has 1 unspecified atom stereocenters. The molecule has 0 fully saturated rings. The normalized spacial score (nSPS) is 12.2. The SMILES string of the molecule is CCC(N)c1ccccc1N(CC)c1cccc(C)c1. The van der Waals surface area contributed by atoms with Gasteiger partial charge in [0.25, 0.3) is 0 Å². The Hall–Kier alpha value is -1.80. The summed E-state index contributed by atoms with van der Waals surface area (Å²) in [6.45, 7) is 7.36. The summed E-state index contributed by atoms with van der Waals surface area (Å²) in [6.07, 6.45) is 0.947. The van der Waals surface area contributed by atoms with Gasteiger partial charge in [0.15, 0.2) is 0 Å². The minimum Gasteiger partial charge on any atom is -0.341 e. The van der Waals surface area contributed by atoms with Crippen LogP contribution in [0.1, 0.15) is 37.4 Å². The fourth-order valence-corrected chi connectivity index (χ4v) is 2.55. The van der Waals surface area contributed by atoms with E-state index in [9.17, 15) is 0 Å². The molecule has 2 N–H and O–H groups in total. The van der Waals surface area contributed by atoms with Crippen LogP contribution < -0.4 is 10.6 Å². The summed E-state index contributed by atoms with van der Waals surface area (Å²) in [5.74, 6) is 0.